The number of piperidine rings is 1. The van der Waals surface area contributed by atoms with Crippen LogP contribution in [-0.4, -0.2) is 55.8 Å². The molecule has 0 aliphatic carbocycles. The molecule has 0 bridgehead atoms. The van der Waals surface area contributed by atoms with Crippen LogP contribution < -0.4 is 5.73 Å². The van der Waals surface area contributed by atoms with Gasteiger partial charge in [-0.2, -0.15) is 4.31 Å². The molecule has 2 unspecified atom stereocenters. The first-order chi connectivity index (χ1) is 12.3. The molecule has 1 heterocycles. The van der Waals surface area contributed by atoms with Crippen molar-refractivity contribution in [1.82, 2.24) is 9.21 Å². The summed E-state index contributed by atoms with van der Waals surface area (Å²) >= 11 is 0. The molecule has 2 rings (SSSR count). The highest BCUT2D eigenvalue weighted by atomic mass is 35.5. The maximum absolute atomic E-state index is 13.0. The van der Waals surface area contributed by atoms with Gasteiger partial charge in [-0.25, -0.2) is 8.42 Å². The predicted molar refractivity (Wildman–Crippen MR) is 111 cm³/mol. The zero-order valence-corrected chi connectivity index (χ0v) is 18.3. The van der Waals surface area contributed by atoms with Crippen LogP contribution in [0.3, 0.4) is 0 Å². The summed E-state index contributed by atoms with van der Waals surface area (Å²) in [6, 6.07) is 4.96. The fourth-order valence-corrected chi connectivity index (χ4v) is 5.33. The van der Waals surface area contributed by atoms with Gasteiger partial charge in [-0.3, -0.25) is 4.79 Å². The van der Waals surface area contributed by atoms with Crippen LogP contribution in [0.1, 0.15) is 49.5 Å². The number of benzene rings is 1. The standard InChI is InChI=1S/C19H31N3O3S.ClH/c1-5-21(6-2)26(24,25)18-12-16(8-7-15(18)4)19(23)22-10-9-14(3)11-17(22)13-20;/h7-8,12,14,17H,5-6,9-11,13,20H2,1-4H3;1H. The summed E-state index contributed by atoms with van der Waals surface area (Å²) in [5.74, 6) is 0.410. The SMILES string of the molecule is CCN(CC)S(=O)(=O)c1cc(C(=O)N2CCC(C)CC2CN)ccc1C.Cl. The predicted octanol–water partition coefficient (Wildman–Crippen LogP) is 2.65. The number of nitrogens with zero attached hydrogens (tertiary/aromatic N) is 2. The lowest BCUT2D eigenvalue weighted by Gasteiger charge is -2.38. The van der Waals surface area contributed by atoms with E-state index in [1.165, 1.54) is 10.4 Å². The molecule has 1 aromatic rings. The minimum Gasteiger partial charge on any atom is -0.334 e. The lowest BCUT2D eigenvalue weighted by Crippen LogP contribution is -2.49. The summed E-state index contributed by atoms with van der Waals surface area (Å²) in [7, 11) is -3.61. The van der Waals surface area contributed by atoms with Crippen LogP contribution in [0.25, 0.3) is 0 Å². The van der Waals surface area contributed by atoms with Crippen LogP contribution in [0.4, 0.5) is 0 Å². The molecule has 154 valence electrons. The van der Waals surface area contributed by atoms with E-state index in [2.05, 4.69) is 6.92 Å². The average Bonchev–Trinajstić information content (AvgIpc) is 2.62. The summed E-state index contributed by atoms with van der Waals surface area (Å²) in [6.45, 7) is 9.44. The molecule has 2 N–H and O–H groups in total. The molecule has 1 saturated heterocycles. The van der Waals surface area contributed by atoms with E-state index < -0.39 is 10.0 Å². The number of carbonyl (C=O) groups is 1. The lowest BCUT2D eigenvalue weighted by atomic mass is 9.92. The van der Waals surface area contributed by atoms with Gasteiger partial charge in [-0.05, 0) is 43.4 Å². The quantitative estimate of drug-likeness (QED) is 0.771. The maximum Gasteiger partial charge on any atom is 0.254 e. The zero-order valence-electron chi connectivity index (χ0n) is 16.6. The van der Waals surface area contributed by atoms with E-state index in [1.54, 1.807) is 24.0 Å². The summed E-state index contributed by atoms with van der Waals surface area (Å²) in [5, 5.41) is 0. The first-order valence-electron chi connectivity index (χ1n) is 9.38. The van der Waals surface area contributed by atoms with E-state index in [-0.39, 0.29) is 29.3 Å². The van der Waals surface area contributed by atoms with Crippen LogP contribution >= 0.6 is 12.4 Å². The van der Waals surface area contributed by atoms with Crippen molar-refractivity contribution in [1.29, 1.82) is 0 Å². The van der Waals surface area contributed by atoms with Crippen LogP contribution in [0.15, 0.2) is 23.1 Å². The number of carbonyl (C=O) groups excluding carboxylic acids is 1. The highest BCUT2D eigenvalue weighted by Crippen LogP contribution is 2.26. The lowest BCUT2D eigenvalue weighted by molar-refractivity contribution is 0.0573. The molecular weight excluding hydrogens is 386 g/mol. The van der Waals surface area contributed by atoms with E-state index in [9.17, 15) is 13.2 Å². The van der Waals surface area contributed by atoms with Gasteiger partial charge in [-0.15, -0.1) is 12.4 Å². The largest absolute Gasteiger partial charge is 0.334 e. The molecule has 1 aromatic carbocycles. The number of hydrogen-bond acceptors (Lipinski definition) is 4. The van der Waals surface area contributed by atoms with Crippen molar-refractivity contribution >= 4 is 28.3 Å². The molecule has 27 heavy (non-hydrogen) atoms. The molecule has 0 saturated carbocycles. The fourth-order valence-electron chi connectivity index (χ4n) is 3.62. The highest BCUT2D eigenvalue weighted by molar-refractivity contribution is 7.89. The molecule has 0 radical (unpaired) electrons. The van der Waals surface area contributed by atoms with Crippen molar-refractivity contribution in [3.63, 3.8) is 0 Å². The van der Waals surface area contributed by atoms with Crippen molar-refractivity contribution in [2.45, 2.75) is 51.5 Å². The van der Waals surface area contributed by atoms with Crippen molar-refractivity contribution in [3.05, 3.63) is 29.3 Å². The van der Waals surface area contributed by atoms with Gasteiger partial charge in [0.2, 0.25) is 10.0 Å². The third kappa shape index (κ3) is 5.02. The molecule has 2 atom stereocenters. The van der Waals surface area contributed by atoms with Gasteiger partial charge in [0, 0.05) is 37.8 Å². The number of halogens is 1. The second-order valence-electron chi connectivity index (χ2n) is 7.09. The van der Waals surface area contributed by atoms with Crippen LogP contribution in [0, 0.1) is 12.8 Å². The Morgan fingerprint density at radius 3 is 2.48 bits per heavy atom. The first-order valence-corrected chi connectivity index (χ1v) is 10.8. The highest BCUT2D eigenvalue weighted by Gasteiger charge is 2.31. The Hall–Kier alpha value is -1.15. The van der Waals surface area contributed by atoms with Gasteiger partial charge in [0.1, 0.15) is 0 Å². The monoisotopic (exact) mass is 417 g/mol. The zero-order chi connectivity index (χ0) is 19.5. The Morgan fingerprint density at radius 2 is 1.93 bits per heavy atom. The summed E-state index contributed by atoms with van der Waals surface area (Å²) in [4.78, 5) is 15.1. The molecule has 0 spiro atoms. The Bertz CT molecular complexity index is 751. The molecule has 6 nitrogen and oxygen atoms in total. The number of sulfonamides is 1. The Kier molecular flexibility index (Phi) is 8.73. The number of aryl methyl sites for hydroxylation is 1. The fraction of sp³-hybridized carbons (Fsp3) is 0.632. The number of amides is 1. The third-order valence-corrected chi connectivity index (χ3v) is 7.46. The van der Waals surface area contributed by atoms with Gasteiger partial charge in [0.05, 0.1) is 4.90 Å². The third-order valence-electron chi connectivity index (χ3n) is 5.27. The van der Waals surface area contributed by atoms with E-state index in [0.29, 0.717) is 43.2 Å². The smallest absolute Gasteiger partial charge is 0.254 e. The van der Waals surface area contributed by atoms with Gasteiger partial charge in [0.15, 0.2) is 0 Å². The number of rotatable bonds is 6. The Balaban J connectivity index is 0.00000364. The molecular formula is C19H32ClN3O3S. The number of likely N-dealkylation sites (tertiary alicyclic amines) is 1. The molecule has 1 fully saturated rings. The normalized spacial score (nSPS) is 20.4. The van der Waals surface area contributed by atoms with Gasteiger partial charge >= 0.3 is 0 Å². The van der Waals surface area contributed by atoms with Crippen LogP contribution in [-0.2, 0) is 10.0 Å². The van der Waals surface area contributed by atoms with Crippen molar-refractivity contribution in [3.8, 4) is 0 Å². The van der Waals surface area contributed by atoms with Gasteiger partial charge < -0.3 is 10.6 Å². The van der Waals surface area contributed by atoms with Gasteiger partial charge in [-0.1, -0.05) is 26.8 Å². The Morgan fingerprint density at radius 1 is 1.30 bits per heavy atom. The van der Waals surface area contributed by atoms with Crippen LogP contribution in [0.2, 0.25) is 0 Å². The van der Waals surface area contributed by atoms with E-state index in [1.807, 2.05) is 13.8 Å². The first kappa shape index (κ1) is 23.9. The molecule has 8 heteroatoms. The van der Waals surface area contributed by atoms with E-state index >= 15 is 0 Å². The maximum atomic E-state index is 13.0. The number of hydrogen-bond donors (Lipinski definition) is 1. The number of nitrogens with two attached hydrogens (primary N) is 1. The summed E-state index contributed by atoms with van der Waals surface area (Å²) in [5.41, 5.74) is 6.93. The molecule has 1 aliphatic rings. The van der Waals surface area contributed by atoms with Crippen molar-refractivity contribution < 1.29 is 13.2 Å². The minimum atomic E-state index is -3.61. The molecule has 1 aliphatic heterocycles. The molecule has 0 aromatic heterocycles. The van der Waals surface area contributed by atoms with Crippen molar-refractivity contribution in [2.24, 2.45) is 11.7 Å². The van der Waals surface area contributed by atoms with E-state index in [4.69, 9.17) is 5.73 Å². The second kappa shape index (κ2) is 9.87. The van der Waals surface area contributed by atoms with Crippen molar-refractivity contribution in [2.75, 3.05) is 26.2 Å². The molecule has 1 amide bonds. The average molecular weight is 418 g/mol. The van der Waals surface area contributed by atoms with Crippen LogP contribution in [0.5, 0.6) is 0 Å². The van der Waals surface area contributed by atoms with E-state index in [0.717, 1.165) is 12.8 Å². The topological polar surface area (TPSA) is 83.7 Å². The summed E-state index contributed by atoms with van der Waals surface area (Å²) < 4.78 is 27.2. The van der Waals surface area contributed by atoms with Gasteiger partial charge in [0.25, 0.3) is 5.91 Å². The minimum absolute atomic E-state index is 0. The second-order valence-corrected chi connectivity index (χ2v) is 8.99. The Labute approximate surface area is 169 Å². The summed E-state index contributed by atoms with van der Waals surface area (Å²) in [6.07, 6.45) is 1.83.